The van der Waals surface area contributed by atoms with E-state index in [1.807, 2.05) is 12.1 Å². The second-order valence-corrected chi connectivity index (χ2v) is 13.2. The Morgan fingerprint density at radius 3 is 1.92 bits per heavy atom. The molecule has 1 aliphatic rings. The Morgan fingerprint density at radius 1 is 0.490 bits per heavy atom. The number of fused-ring (bicyclic) bond motifs is 11. The highest BCUT2D eigenvalue weighted by Crippen LogP contribution is 2.45. The number of aromatic nitrogens is 2. The lowest BCUT2D eigenvalue weighted by molar-refractivity contribution is 0.673. The highest BCUT2D eigenvalue weighted by atomic mass is 16.3. The fourth-order valence-corrected chi connectivity index (χ4v) is 8.15. The summed E-state index contributed by atoms with van der Waals surface area (Å²) in [5.74, 6) is 0.788. The molecule has 1 N–H and O–H groups in total. The highest BCUT2D eigenvalue weighted by molar-refractivity contribution is 6.34. The molecule has 1 aliphatic heterocycles. The molecular weight excluding hydrogens is 625 g/mol. The van der Waals surface area contributed by atoms with Crippen LogP contribution in [0.25, 0.3) is 76.9 Å². The second-order valence-electron chi connectivity index (χ2n) is 13.2. The summed E-state index contributed by atoms with van der Waals surface area (Å²) in [7, 11) is 0. The van der Waals surface area contributed by atoms with Gasteiger partial charge in [0.25, 0.3) is 0 Å². The Balaban J connectivity index is 1.27. The maximum absolute atomic E-state index is 6.77. The number of para-hydroxylation sites is 3. The average molecular weight is 655 g/mol. The van der Waals surface area contributed by atoms with E-state index in [0.29, 0.717) is 0 Å². The maximum Gasteiger partial charge on any atom is 0.209 e. The molecular formula is C46H30N4O. The summed E-state index contributed by atoms with van der Waals surface area (Å²) in [5, 5.41) is 10.7. The number of furan rings is 1. The van der Waals surface area contributed by atoms with Gasteiger partial charge in [-0.25, -0.2) is 4.99 Å². The van der Waals surface area contributed by atoms with Crippen LogP contribution < -0.4 is 5.32 Å². The normalized spacial score (nSPS) is 14.9. The smallest absolute Gasteiger partial charge is 0.209 e. The van der Waals surface area contributed by atoms with Crippen LogP contribution in [0.3, 0.4) is 0 Å². The predicted octanol–water partition coefficient (Wildman–Crippen LogP) is 11.4. The molecule has 1 atom stereocenters. The SMILES string of the molecule is C1=C(c2ccccc2)N=C(n2c3ccccc3c3c4c5c6oc7ccccc7c6ccc5n(-c5ccccc5)c4ccc32)NC1c1ccccc1. The van der Waals surface area contributed by atoms with E-state index >= 15 is 0 Å². The molecule has 10 aromatic rings. The van der Waals surface area contributed by atoms with Crippen molar-refractivity contribution in [3.05, 3.63) is 181 Å². The zero-order chi connectivity index (χ0) is 33.5. The molecule has 5 nitrogen and oxygen atoms in total. The van der Waals surface area contributed by atoms with Crippen LogP contribution in [0.5, 0.6) is 0 Å². The number of nitrogens with zero attached hydrogens (tertiary/aromatic N) is 3. The molecule has 4 heterocycles. The second kappa shape index (κ2) is 10.8. The van der Waals surface area contributed by atoms with Crippen molar-refractivity contribution in [2.24, 2.45) is 4.99 Å². The molecule has 5 heteroatoms. The van der Waals surface area contributed by atoms with E-state index in [4.69, 9.17) is 9.41 Å². The molecule has 0 bridgehead atoms. The van der Waals surface area contributed by atoms with Gasteiger partial charge >= 0.3 is 0 Å². The molecule has 1 unspecified atom stereocenters. The van der Waals surface area contributed by atoms with Crippen LogP contribution in [-0.2, 0) is 0 Å². The topological polar surface area (TPSA) is 47.4 Å². The molecule has 0 saturated heterocycles. The van der Waals surface area contributed by atoms with Gasteiger partial charge in [-0.3, -0.25) is 4.57 Å². The number of nitrogens with one attached hydrogen (secondary N) is 1. The molecule has 0 aliphatic carbocycles. The van der Waals surface area contributed by atoms with Crippen molar-refractivity contribution in [2.45, 2.75) is 6.04 Å². The van der Waals surface area contributed by atoms with Crippen molar-refractivity contribution >= 4 is 77.2 Å². The fraction of sp³-hybridized carbons (Fsp3) is 0.0217. The van der Waals surface area contributed by atoms with E-state index in [1.54, 1.807) is 0 Å². The first-order valence-corrected chi connectivity index (χ1v) is 17.4. The average Bonchev–Trinajstić information content (AvgIpc) is 3.86. The molecule has 0 spiro atoms. The Hall–Kier alpha value is -6.85. The van der Waals surface area contributed by atoms with E-state index in [1.165, 1.54) is 16.3 Å². The monoisotopic (exact) mass is 654 g/mol. The summed E-state index contributed by atoms with van der Waals surface area (Å²) < 4.78 is 11.5. The summed E-state index contributed by atoms with van der Waals surface area (Å²) in [6, 6.07) is 57.6. The van der Waals surface area contributed by atoms with E-state index in [0.717, 1.165) is 77.7 Å². The lowest BCUT2D eigenvalue weighted by atomic mass is 10.0. The number of aliphatic imine (C=N–C) groups is 1. The molecule has 0 radical (unpaired) electrons. The lowest BCUT2D eigenvalue weighted by Crippen LogP contribution is -2.35. The Kier molecular flexibility index (Phi) is 5.95. The quantitative estimate of drug-likeness (QED) is 0.206. The van der Waals surface area contributed by atoms with Crippen molar-refractivity contribution in [3.63, 3.8) is 0 Å². The Bertz CT molecular complexity index is 3040. The minimum Gasteiger partial charge on any atom is -0.455 e. The minimum absolute atomic E-state index is 0.0657. The van der Waals surface area contributed by atoms with Gasteiger partial charge in [0.1, 0.15) is 11.2 Å². The van der Waals surface area contributed by atoms with Gasteiger partial charge in [0.05, 0.1) is 39.2 Å². The Morgan fingerprint density at radius 2 is 1.12 bits per heavy atom. The fourth-order valence-electron chi connectivity index (χ4n) is 8.15. The maximum atomic E-state index is 6.77. The predicted molar refractivity (Wildman–Crippen MR) is 211 cm³/mol. The number of hydrogen-bond acceptors (Lipinski definition) is 3. The standard InChI is InChI=1S/C46H30N4O/c1-4-14-29(15-5-1)35-28-36(30-16-6-2-7-17-30)48-46(47-35)50-37-22-12-10-21-34(37)42-38(50)26-27-39-43(42)44-40(49(39)31-18-8-3-9-19-31)25-24-33-32-20-11-13-23-41(32)51-45(33)44/h1-28,35H,(H,47,48). The summed E-state index contributed by atoms with van der Waals surface area (Å²) in [5.41, 5.74) is 10.5. The van der Waals surface area contributed by atoms with Crippen molar-refractivity contribution in [2.75, 3.05) is 0 Å². The zero-order valence-electron chi connectivity index (χ0n) is 27.5. The molecule has 3 aromatic heterocycles. The van der Waals surface area contributed by atoms with Crippen molar-refractivity contribution in [1.82, 2.24) is 14.5 Å². The summed E-state index contributed by atoms with van der Waals surface area (Å²) >= 11 is 0. The summed E-state index contributed by atoms with van der Waals surface area (Å²) in [6.45, 7) is 0. The van der Waals surface area contributed by atoms with Gasteiger partial charge in [-0.1, -0.05) is 115 Å². The number of rotatable bonds is 3. The third-order valence-corrected chi connectivity index (χ3v) is 10.4. The number of benzene rings is 7. The van der Waals surface area contributed by atoms with Gasteiger partial charge in [-0.15, -0.1) is 0 Å². The highest BCUT2D eigenvalue weighted by Gasteiger charge is 2.26. The first-order valence-electron chi connectivity index (χ1n) is 17.4. The molecule has 11 rings (SSSR count). The summed E-state index contributed by atoms with van der Waals surface area (Å²) in [4.78, 5) is 5.35. The van der Waals surface area contributed by atoms with Gasteiger partial charge in [0, 0.05) is 38.2 Å². The molecule has 0 amide bonds. The van der Waals surface area contributed by atoms with Crippen molar-refractivity contribution < 1.29 is 4.42 Å². The number of hydrogen-bond donors (Lipinski definition) is 1. The van der Waals surface area contributed by atoms with Gasteiger partial charge in [0.15, 0.2) is 0 Å². The third kappa shape index (κ3) is 4.12. The van der Waals surface area contributed by atoms with Crippen LogP contribution in [0, 0.1) is 0 Å². The Labute approximate surface area is 293 Å². The van der Waals surface area contributed by atoms with Gasteiger partial charge in [0.2, 0.25) is 5.96 Å². The minimum atomic E-state index is -0.0657. The van der Waals surface area contributed by atoms with Crippen molar-refractivity contribution in [3.8, 4) is 5.69 Å². The first-order chi connectivity index (χ1) is 25.3. The van der Waals surface area contributed by atoms with Gasteiger partial charge < -0.3 is 14.3 Å². The van der Waals surface area contributed by atoms with Gasteiger partial charge in [-0.05, 0) is 60.2 Å². The molecule has 240 valence electrons. The molecule has 0 fully saturated rings. The molecule has 0 saturated carbocycles. The van der Waals surface area contributed by atoms with Gasteiger partial charge in [-0.2, -0.15) is 0 Å². The first kappa shape index (κ1) is 28.0. The van der Waals surface area contributed by atoms with Crippen LogP contribution >= 0.6 is 0 Å². The van der Waals surface area contributed by atoms with Crippen LogP contribution in [0.1, 0.15) is 17.2 Å². The van der Waals surface area contributed by atoms with E-state index in [2.05, 4.69) is 172 Å². The molecule has 7 aromatic carbocycles. The van der Waals surface area contributed by atoms with Crippen LogP contribution in [0.2, 0.25) is 0 Å². The van der Waals surface area contributed by atoms with E-state index < -0.39 is 0 Å². The van der Waals surface area contributed by atoms with Crippen LogP contribution in [0.4, 0.5) is 0 Å². The lowest BCUT2D eigenvalue weighted by Gasteiger charge is -2.25. The van der Waals surface area contributed by atoms with Crippen LogP contribution in [-0.4, -0.2) is 15.1 Å². The van der Waals surface area contributed by atoms with Crippen LogP contribution in [0.15, 0.2) is 179 Å². The van der Waals surface area contributed by atoms with E-state index in [9.17, 15) is 0 Å². The largest absolute Gasteiger partial charge is 0.455 e. The molecule has 51 heavy (non-hydrogen) atoms. The van der Waals surface area contributed by atoms with E-state index in [-0.39, 0.29) is 6.04 Å². The summed E-state index contributed by atoms with van der Waals surface area (Å²) in [6.07, 6.45) is 2.23. The zero-order valence-corrected chi connectivity index (χ0v) is 27.5. The third-order valence-electron chi connectivity index (χ3n) is 10.4. The van der Waals surface area contributed by atoms with Crippen molar-refractivity contribution in [1.29, 1.82) is 0 Å².